The molecule has 0 aliphatic carbocycles. The minimum absolute atomic E-state index is 0.0163. The van der Waals surface area contributed by atoms with E-state index in [0.29, 0.717) is 49.7 Å². The minimum Gasteiger partial charge on any atom is -0.444 e. The zero-order valence-corrected chi connectivity index (χ0v) is 19.8. The first-order valence-electron chi connectivity index (χ1n) is 11.0. The van der Waals surface area contributed by atoms with Crippen LogP contribution >= 0.6 is 11.6 Å². The summed E-state index contributed by atoms with van der Waals surface area (Å²) >= 11 is 5.86. The third kappa shape index (κ3) is 7.98. The Morgan fingerprint density at radius 3 is 2.38 bits per heavy atom. The fraction of sp³-hybridized carbons (Fsp3) is 0.609. The highest BCUT2D eigenvalue weighted by Crippen LogP contribution is 2.30. The molecule has 1 fully saturated rings. The predicted molar refractivity (Wildman–Crippen MR) is 122 cm³/mol. The molecule has 1 atom stereocenters. The molecule has 0 bridgehead atoms. The molecule has 0 aromatic heterocycles. The normalized spacial score (nSPS) is 15.7. The first kappa shape index (κ1) is 25.9. The fourth-order valence-corrected chi connectivity index (χ4v) is 3.88. The first-order chi connectivity index (χ1) is 15.1. The number of benzene rings is 1. The van der Waals surface area contributed by atoms with Crippen LogP contribution in [0.4, 0.5) is 9.59 Å². The molecule has 1 saturated heterocycles. The Kier molecular flexibility index (Phi) is 9.78. The molecular weight excluding hydrogens is 434 g/mol. The summed E-state index contributed by atoms with van der Waals surface area (Å²) in [6, 6.07) is 9.16. The number of ether oxygens (including phenoxy) is 2. The first-order valence-corrected chi connectivity index (χ1v) is 11.5. The Bertz CT molecular complexity index is 761. The Labute approximate surface area is 194 Å². The number of halogens is 1. The number of imide groups is 1. The van der Waals surface area contributed by atoms with Crippen LogP contribution < -0.4 is 5.84 Å². The average molecular weight is 468 g/mol. The van der Waals surface area contributed by atoms with E-state index in [0.717, 1.165) is 5.56 Å². The second kappa shape index (κ2) is 12.1. The number of rotatable bonds is 7. The molecule has 0 radical (unpaired) electrons. The molecule has 1 aliphatic rings. The van der Waals surface area contributed by atoms with Gasteiger partial charge in [0, 0.05) is 24.9 Å². The van der Waals surface area contributed by atoms with Crippen molar-refractivity contribution in [1.29, 1.82) is 0 Å². The lowest BCUT2D eigenvalue weighted by atomic mass is 9.81. The van der Waals surface area contributed by atoms with Crippen molar-refractivity contribution in [1.82, 2.24) is 9.91 Å². The van der Waals surface area contributed by atoms with E-state index in [9.17, 15) is 14.4 Å². The monoisotopic (exact) mass is 467 g/mol. The molecule has 1 heterocycles. The van der Waals surface area contributed by atoms with Crippen molar-refractivity contribution in [3.8, 4) is 0 Å². The number of likely N-dealkylation sites (tertiary alicyclic amines) is 1. The summed E-state index contributed by atoms with van der Waals surface area (Å²) < 4.78 is 10.6. The lowest BCUT2D eigenvalue weighted by Gasteiger charge is -2.36. The predicted octanol–water partition coefficient (Wildman–Crippen LogP) is 4.31. The number of alkyl halides is 1. The molecule has 1 aromatic carbocycles. The Morgan fingerprint density at radius 1 is 1.19 bits per heavy atom. The van der Waals surface area contributed by atoms with Crippen molar-refractivity contribution in [3.05, 3.63) is 35.9 Å². The van der Waals surface area contributed by atoms with Crippen LogP contribution in [0, 0.1) is 11.8 Å². The third-order valence-corrected chi connectivity index (χ3v) is 5.63. The topological polar surface area (TPSA) is 102 Å². The number of hydrogen-bond donors (Lipinski definition) is 1. The van der Waals surface area contributed by atoms with Crippen LogP contribution in [-0.2, 0) is 20.9 Å². The molecule has 178 valence electrons. The third-order valence-electron chi connectivity index (χ3n) is 5.37. The van der Waals surface area contributed by atoms with Gasteiger partial charge in [0.2, 0.25) is 5.91 Å². The van der Waals surface area contributed by atoms with Gasteiger partial charge in [0.1, 0.15) is 12.2 Å². The van der Waals surface area contributed by atoms with E-state index in [1.54, 1.807) is 4.90 Å². The molecule has 0 saturated carbocycles. The highest BCUT2D eigenvalue weighted by Gasteiger charge is 2.36. The van der Waals surface area contributed by atoms with E-state index in [2.05, 4.69) is 0 Å². The van der Waals surface area contributed by atoms with E-state index in [-0.39, 0.29) is 18.6 Å². The van der Waals surface area contributed by atoms with Crippen molar-refractivity contribution in [2.24, 2.45) is 17.7 Å². The lowest BCUT2D eigenvalue weighted by molar-refractivity contribution is -0.136. The Morgan fingerprint density at radius 2 is 1.81 bits per heavy atom. The van der Waals surface area contributed by atoms with Gasteiger partial charge in [0.05, 0.1) is 0 Å². The van der Waals surface area contributed by atoms with Crippen molar-refractivity contribution in [3.63, 3.8) is 0 Å². The smallest absolute Gasteiger partial charge is 0.431 e. The van der Waals surface area contributed by atoms with Crippen LogP contribution in [0.2, 0.25) is 0 Å². The van der Waals surface area contributed by atoms with E-state index in [1.165, 1.54) is 0 Å². The lowest BCUT2D eigenvalue weighted by Crippen LogP contribution is -2.49. The summed E-state index contributed by atoms with van der Waals surface area (Å²) in [5, 5.41) is 0.572. The Balaban J connectivity index is 1.95. The van der Waals surface area contributed by atoms with E-state index < -0.39 is 23.5 Å². The maximum Gasteiger partial charge on any atom is 0.431 e. The van der Waals surface area contributed by atoms with E-state index in [1.807, 2.05) is 51.1 Å². The molecule has 1 aliphatic heterocycles. The summed E-state index contributed by atoms with van der Waals surface area (Å²) in [4.78, 5) is 39.4. The number of amides is 3. The van der Waals surface area contributed by atoms with Gasteiger partial charge in [0.25, 0.3) is 0 Å². The molecule has 0 spiro atoms. The number of nitrogens with two attached hydrogens (primary N) is 1. The highest BCUT2D eigenvalue weighted by atomic mass is 35.5. The summed E-state index contributed by atoms with van der Waals surface area (Å²) in [5.74, 6) is 5.28. The summed E-state index contributed by atoms with van der Waals surface area (Å²) in [7, 11) is 0. The molecule has 1 unspecified atom stereocenters. The van der Waals surface area contributed by atoms with Gasteiger partial charge in [-0.3, -0.25) is 4.79 Å². The van der Waals surface area contributed by atoms with Crippen LogP contribution in [0.25, 0.3) is 0 Å². The quantitative estimate of drug-likeness (QED) is 0.277. The molecule has 1 aromatic rings. The van der Waals surface area contributed by atoms with Crippen molar-refractivity contribution in [2.75, 3.05) is 19.0 Å². The van der Waals surface area contributed by atoms with Gasteiger partial charge in [-0.25, -0.2) is 15.4 Å². The largest absolute Gasteiger partial charge is 0.444 e. The van der Waals surface area contributed by atoms with Gasteiger partial charge in [-0.1, -0.05) is 30.3 Å². The second-order valence-corrected chi connectivity index (χ2v) is 9.37. The summed E-state index contributed by atoms with van der Waals surface area (Å²) in [5.41, 5.74) is 0.238. The number of carbonyl (C=O) groups is 3. The molecule has 2 rings (SSSR count). The van der Waals surface area contributed by atoms with E-state index in [4.69, 9.17) is 26.9 Å². The number of carbonyl (C=O) groups excluding carboxylic acids is 3. The molecule has 2 N–H and O–H groups in total. The van der Waals surface area contributed by atoms with Crippen LogP contribution in [0.15, 0.2) is 30.3 Å². The van der Waals surface area contributed by atoms with Crippen LogP contribution in [0.3, 0.4) is 0 Å². The fourth-order valence-electron chi connectivity index (χ4n) is 3.73. The van der Waals surface area contributed by atoms with Gasteiger partial charge in [0.15, 0.2) is 0 Å². The van der Waals surface area contributed by atoms with Gasteiger partial charge >= 0.3 is 12.2 Å². The number of hydrazine groups is 1. The molecule has 3 amide bonds. The highest BCUT2D eigenvalue weighted by molar-refractivity contribution is 6.17. The second-order valence-electron chi connectivity index (χ2n) is 8.99. The maximum atomic E-state index is 13.1. The van der Waals surface area contributed by atoms with Gasteiger partial charge in [-0.2, -0.15) is 5.01 Å². The van der Waals surface area contributed by atoms with E-state index >= 15 is 0 Å². The minimum atomic E-state index is -0.888. The van der Waals surface area contributed by atoms with Gasteiger partial charge in [-0.15, -0.1) is 11.6 Å². The number of piperidine rings is 1. The number of hydrogen-bond acceptors (Lipinski definition) is 6. The SMILES string of the molecule is CC(C)(C)OC(=O)N1CCC(C(CCCCl)C(=O)N(N)C(=O)OCc2ccccc2)CC1. The zero-order valence-electron chi connectivity index (χ0n) is 19.1. The summed E-state index contributed by atoms with van der Waals surface area (Å²) in [6.45, 7) is 6.46. The molecular formula is C23H34ClN3O5. The standard InChI is InChI=1S/C23H34ClN3O5/c1-23(2,3)32-21(29)26-14-11-18(12-15-26)19(10-7-13-24)20(28)27(25)22(30)31-16-17-8-5-4-6-9-17/h4-6,8-9,18-19H,7,10-16,25H2,1-3H3. The van der Waals surface area contributed by atoms with Gasteiger partial charge < -0.3 is 14.4 Å². The molecule has 9 heteroatoms. The van der Waals surface area contributed by atoms with Crippen molar-refractivity contribution < 1.29 is 23.9 Å². The van der Waals surface area contributed by atoms with Crippen LogP contribution in [0.1, 0.15) is 52.0 Å². The molecule has 8 nitrogen and oxygen atoms in total. The summed E-state index contributed by atoms with van der Waals surface area (Å²) in [6.07, 6.45) is 1.12. The van der Waals surface area contributed by atoms with Crippen LogP contribution in [-0.4, -0.2) is 52.6 Å². The zero-order chi connectivity index (χ0) is 23.7. The Hall–Kier alpha value is -2.32. The van der Waals surface area contributed by atoms with Crippen molar-refractivity contribution >= 4 is 29.7 Å². The maximum absolute atomic E-state index is 13.1. The number of nitrogens with zero attached hydrogens (tertiary/aromatic N) is 2. The van der Waals surface area contributed by atoms with Gasteiger partial charge in [-0.05, 0) is 57.9 Å². The van der Waals surface area contributed by atoms with Crippen LogP contribution in [0.5, 0.6) is 0 Å². The van der Waals surface area contributed by atoms with Crippen molar-refractivity contribution in [2.45, 2.75) is 58.7 Å². The average Bonchev–Trinajstić information content (AvgIpc) is 2.77. The molecule has 32 heavy (non-hydrogen) atoms.